The molecule has 0 N–H and O–H groups in total. The van der Waals surface area contributed by atoms with Crippen molar-refractivity contribution >= 4 is 11.6 Å². The lowest BCUT2D eigenvalue weighted by molar-refractivity contribution is 0.287. The minimum absolute atomic E-state index is 0.312. The molecule has 0 saturated heterocycles. The van der Waals surface area contributed by atoms with E-state index in [9.17, 15) is 0 Å². The highest BCUT2D eigenvalue weighted by atomic mass is 35.5. The van der Waals surface area contributed by atoms with Gasteiger partial charge in [-0.25, -0.2) is 4.98 Å². The molecular weight excluding hydrogens is 200 g/mol. The summed E-state index contributed by atoms with van der Waals surface area (Å²) in [5.74, 6) is 2.53. The van der Waals surface area contributed by atoms with Gasteiger partial charge in [0.15, 0.2) is 0 Å². The number of terminal acetylenes is 1. The maximum absolute atomic E-state index is 5.73. The predicted octanol–water partition coefficient (Wildman–Crippen LogP) is 2.23. The Hall–Kier alpha value is -1.27. The van der Waals surface area contributed by atoms with Gasteiger partial charge in [0.2, 0.25) is 0 Å². The Kier molecular flexibility index (Phi) is 4.21. The average Bonchev–Trinajstić information content (AvgIpc) is 2.11. The third-order valence-electron chi connectivity index (χ3n) is 1.50. The van der Waals surface area contributed by atoms with Crippen molar-refractivity contribution in [2.75, 3.05) is 6.61 Å². The van der Waals surface area contributed by atoms with E-state index in [0.29, 0.717) is 24.2 Å². The van der Waals surface area contributed by atoms with E-state index in [2.05, 4.69) is 15.9 Å². The molecule has 0 aliphatic heterocycles. The second-order valence-corrected chi connectivity index (χ2v) is 3.16. The van der Waals surface area contributed by atoms with E-state index >= 15 is 0 Å². The molecule has 0 bridgehead atoms. The number of aromatic nitrogens is 2. The Morgan fingerprint density at radius 2 is 2.36 bits per heavy atom. The number of ether oxygens (including phenoxy) is 1. The summed E-state index contributed by atoms with van der Waals surface area (Å²) in [4.78, 5) is 7.97. The van der Waals surface area contributed by atoms with E-state index in [4.69, 9.17) is 22.8 Å². The van der Waals surface area contributed by atoms with Crippen molar-refractivity contribution in [3.8, 4) is 18.4 Å². The van der Waals surface area contributed by atoms with Crippen LogP contribution in [0.5, 0.6) is 6.01 Å². The summed E-state index contributed by atoms with van der Waals surface area (Å²) in [6, 6.07) is 1.99. The van der Waals surface area contributed by atoms with Gasteiger partial charge in [0.25, 0.3) is 0 Å². The number of rotatable bonds is 4. The topological polar surface area (TPSA) is 35.0 Å². The number of nitrogens with zero attached hydrogens (tertiary/aromatic N) is 2. The summed E-state index contributed by atoms with van der Waals surface area (Å²) in [6.45, 7) is 2.35. The van der Waals surface area contributed by atoms with Gasteiger partial charge in [-0.3, -0.25) is 0 Å². The van der Waals surface area contributed by atoms with Crippen molar-refractivity contribution < 1.29 is 4.74 Å². The van der Waals surface area contributed by atoms with Crippen LogP contribution < -0.4 is 4.74 Å². The fourth-order valence-corrected chi connectivity index (χ4v) is 1.14. The molecular formula is C10H11ClN2O. The molecule has 1 heterocycles. The maximum atomic E-state index is 5.73. The molecule has 0 atom stereocenters. The Morgan fingerprint density at radius 3 is 3.00 bits per heavy atom. The standard InChI is InChI=1S/C10H11ClN2O/c1-3-4-5-6-14-10-12-8(2)7-9(11)13-10/h1,7H,4-6H2,2H3. The molecule has 1 aromatic rings. The van der Waals surface area contributed by atoms with Crippen molar-refractivity contribution in [2.45, 2.75) is 19.8 Å². The first-order valence-electron chi connectivity index (χ1n) is 4.30. The zero-order valence-electron chi connectivity index (χ0n) is 7.96. The zero-order chi connectivity index (χ0) is 10.4. The molecule has 0 unspecified atom stereocenters. The van der Waals surface area contributed by atoms with Gasteiger partial charge < -0.3 is 4.74 Å². The van der Waals surface area contributed by atoms with E-state index in [1.807, 2.05) is 6.92 Å². The molecule has 74 valence electrons. The molecule has 0 aliphatic carbocycles. The van der Waals surface area contributed by atoms with Crippen LogP contribution in [0.1, 0.15) is 18.5 Å². The minimum atomic E-state index is 0.312. The molecule has 0 fully saturated rings. The van der Waals surface area contributed by atoms with Crippen LogP contribution in [-0.2, 0) is 0 Å². The lowest BCUT2D eigenvalue weighted by Gasteiger charge is -2.03. The summed E-state index contributed by atoms with van der Waals surface area (Å²) < 4.78 is 5.27. The van der Waals surface area contributed by atoms with E-state index in [-0.39, 0.29) is 0 Å². The molecule has 0 aliphatic rings. The van der Waals surface area contributed by atoms with Crippen molar-refractivity contribution in [1.82, 2.24) is 9.97 Å². The highest BCUT2D eigenvalue weighted by molar-refractivity contribution is 6.29. The first-order valence-corrected chi connectivity index (χ1v) is 4.67. The quantitative estimate of drug-likeness (QED) is 0.434. The molecule has 4 heteroatoms. The Balaban J connectivity index is 2.47. The van der Waals surface area contributed by atoms with Crippen molar-refractivity contribution in [3.05, 3.63) is 16.9 Å². The van der Waals surface area contributed by atoms with Crippen LogP contribution in [0.2, 0.25) is 5.15 Å². The summed E-state index contributed by atoms with van der Waals surface area (Å²) in [5, 5.41) is 0.393. The second-order valence-electron chi connectivity index (χ2n) is 2.77. The van der Waals surface area contributed by atoms with Crippen LogP contribution in [0, 0.1) is 19.3 Å². The summed E-state index contributed by atoms with van der Waals surface area (Å²) in [5.41, 5.74) is 0.789. The monoisotopic (exact) mass is 210 g/mol. The maximum Gasteiger partial charge on any atom is 0.318 e. The normalized spacial score (nSPS) is 9.50. The lowest BCUT2D eigenvalue weighted by Crippen LogP contribution is -2.01. The molecule has 0 saturated carbocycles. The van der Waals surface area contributed by atoms with Crippen LogP contribution in [0.4, 0.5) is 0 Å². The fraction of sp³-hybridized carbons (Fsp3) is 0.400. The average molecular weight is 211 g/mol. The highest BCUT2D eigenvalue weighted by Crippen LogP contribution is 2.11. The first-order chi connectivity index (χ1) is 6.72. The van der Waals surface area contributed by atoms with Crippen LogP contribution in [0.15, 0.2) is 6.07 Å². The van der Waals surface area contributed by atoms with E-state index < -0.39 is 0 Å². The number of aryl methyl sites for hydroxylation is 1. The number of hydrogen-bond acceptors (Lipinski definition) is 3. The Bertz CT molecular complexity index is 326. The number of hydrogen-bond donors (Lipinski definition) is 0. The van der Waals surface area contributed by atoms with Gasteiger partial charge in [0.05, 0.1) is 6.61 Å². The third-order valence-corrected chi connectivity index (χ3v) is 1.69. The van der Waals surface area contributed by atoms with Gasteiger partial charge in [0.1, 0.15) is 5.15 Å². The van der Waals surface area contributed by atoms with Crippen molar-refractivity contribution in [1.29, 1.82) is 0 Å². The van der Waals surface area contributed by atoms with Crippen LogP contribution >= 0.6 is 11.6 Å². The second kappa shape index (κ2) is 5.46. The molecule has 0 amide bonds. The number of unbranched alkanes of at least 4 members (excludes halogenated alkanes) is 1. The molecule has 0 aromatic carbocycles. The predicted molar refractivity (Wildman–Crippen MR) is 55.3 cm³/mol. The van der Waals surface area contributed by atoms with E-state index in [0.717, 1.165) is 12.1 Å². The largest absolute Gasteiger partial charge is 0.463 e. The summed E-state index contributed by atoms with van der Waals surface area (Å²) in [6.07, 6.45) is 6.59. The fourth-order valence-electron chi connectivity index (χ4n) is 0.906. The molecule has 3 nitrogen and oxygen atoms in total. The first kappa shape index (κ1) is 10.8. The van der Waals surface area contributed by atoms with E-state index in [1.165, 1.54) is 0 Å². The SMILES string of the molecule is C#CCCCOc1nc(C)cc(Cl)n1. The van der Waals surface area contributed by atoms with Crippen molar-refractivity contribution in [2.24, 2.45) is 0 Å². The highest BCUT2D eigenvalue weighted by Gasteiger charge is 2.00. The summed E-state index contributed by atoms with van der Waals surface area (Å²) >= 11 is 5.73. The van der Waals surface area contributed by atoms with Gasteiger partial charge >= 0.3 is 6.01 Å². The molecule has 1 aromatic heterocycles. The van der Waals surface area contributed by atoms with Gasteiger partial charge in [-0.2, -0.15) is 4.98 Å². The molecule has 14 heavy (non-hydrogen) atoms. The van der Waals surface area contributed by atoms with Gasteiger partial charge in [-0.05, 0) is 19.4 Å². The van der Waals surface area contributed by atoms with Crippen LogP contribution in [0.3, 0.4) is 0 Å². The van der Waals surface area contributed by atoms with Gasteiger partial charge in [-0.15, -0.1) is 12.3 Å². The van der Waals surface area contributed by atoms with Gasteiger partial charge in [0, 0.05) is 12.1 Å². The molecule has 1 rings (SSSR count). The summed E-state index contributed by atoms with van der Waals surface area (Å²) in [7, 11) is 0. The van der Waals surface area contributed by atoms with Crippen LogP contribution in [0.25, 0.3) is 0 Å². The Morgan fingerprint density at radius 1 is 1.57 bits per heavy atom. The zero-order valence-corrected chi connectivity index (χ0v) is 8.71. The number of halogens is 1. The molecule has 0 spiro atoms. The minimum Gasteiger partial charge on any atom is -0.463 e. The van der Waals surface area contributed by atoms with E-state index in [1.54, 1.807) is 6.07 Å². The van der Waals surface area contributed by atoms with Gasteiger partial charge in [-0.1, -0.05) is 11.6 Å². The Labute approximate surface area is 88.5 Å². The smallest absolute Gasteiger partial charge is 0.318 e. The molecule has 0 radical (unpaired) electrons. The third kappa shape index (κ3) is 3.63. The van der Waals surface area contributed by atoms with Crippen LogP contribution in [-0.4, -0.2) is 16.6 Å². The van der Waals surface area contributed by atoms with Crippen molar-refractivity contribution in [3.63, 3.8) is 0 Å². The lowest BCUT2D eigenvalue weighted by atomic mass is 10.3.